The monoisotopic (exact) mass is 617 g/mol. The van der Waals surface area contributed by atoms with Crippen LogP contribution in [0.1, 0.15) is 57.6 Å². The highest BCUT2D eigenvalue weighted by Crippen LogP contribution is 2.60. The molecule has 4 heterocycles. The first-order valence-corrected chi connectivity index (χ1v) is 16.5. The number of hydrogen-bond acceptors (Lipinski definition) is 8. The van der Waals surface area contributed by atoms with E-state index in [1.807, 2.05) is 6.92 Å². The summed E-state index contributed by atoms with van der Waals surface area (Å²) in [6.45, 7) is 8.64. The van der Waals surface area contributed by atoms with Crippen LogP contribution < -0.4 is 9.46 Å². The van der Waals surface area contributed by atoms with Crippen LogP contribution in [0.25, 0.3) is 6.08 Å². The van der Waals surface area contributed by atoms with Crippen LogP contribution in [0.3, 0.4) is 0 Å². The fourth-order valence-electron chi connectivity index (χ4n) is 7.17. The Morgan fingerprint density at radius 3 is 2.74 bits per heavy atom. The third-order valence-electron chi connectivity index (χ3n) is 9.40. The SMILES string of the molecule is Cc1ccc(F)c(NS(=O)(=O)/C=C/c2cccc(OCCOC3O[C@@H]4O[C@@]5(C)CC[C@H]6[C@H](C)CC[C@@H]([C@H]3C)[C@@]46OO5)c2)c1. The molecular weight excluding hydrogens is 577 g/mol. The van der Waals surface area contributed by atoms with Gasteiger partial charge < -0.3 is 18.9 Å². The Bertz CT molecular complexity index is 1470. The van der Waals surface area contributed by atoms with Crippen LogP contribution in [0, 0.1) is 36.4 Å². The van der Waals surface area contributed by atoms with Crippen molar-refractivity contribution in [3.05, 3.63) is 64.8 Å². The van der Waals surface area contributed by atoms with Crippen molar-refractivity contribution >= 4 is 21.8 Å². The molecule has 1 N–H and O–H groups in total. The second-order valence-electron chi connectivity index (χ2n) is 12.5. The summed E-state index contributed by atoms with van der Waals surface area (Å²) in [5.41, 5.74) is 0.624. The molecule has 2 bridgehead atoms. The lowest BCUT2D eigenvalue weighted by Crippen LogP contribution is -2.70. The standard InChI is InChI=1S/C32H40FNO8S/c1-20-8-11-27(33)28(18-20)34-43(35,36)17-13-23-6-5-7-24(19-23)37-15-16-38-29-22(3)26-10-9-21(2)25-12-14-31(4)40-30(39-29)32(25,26)42-41-31/h5-8,11,13,17-19,21-22,25-26,29-30,34H,9-10,12,14-16H2,1-4H3/b17-13+/t21-,22-,25+,26+,29?,30-,31-,32-/m1/s1. The van der Waals surface area contributed by atoms with Gasteiger partial charge in [-0.3, -0.25) is 4.72 Å². The van der Waals surface area contributed by atoms with Crippen molar-refractivity contribution in [2.24, 2.45) is 23.7 Å². The number of anilines is 1. The first kappa shape index (κ1) is 30.5. The predicted octanol–water partition coefficient (Wildman–Crippen LogP) is 6.15. The van der Waals surface area contributed by atoms with Crippen molar-refractivity contribution in [3.63, 3.8) is 0 Å². The smallest absolute Gasteiger partial charge is 0.255 e. The lowest BCUT2D eigenvalue weighted by atomic mass is 9.58. The highest BCUT2D eigenvalue weighted by atomic mass is 32.2. The number of hydrogen-bond donors (Lipinski definition) is 1. The minimum Gasteiger partial charge on any atom is -0.491 e. The zero-order chi connectivity index (χ0) is 30.4. The Labute approximate surface area is 252 Å². The number of nitrogens with one attached hydrogen (secondary N) is 1. The van der Waals surface area contributed by atoms with Crippen molar-refractivity contribution < 1.29 is 41.5 Å². The highest BCUT2D eigenvalue weighted by Gasteiger charge is 2.69. The van der Waals surface area contributed by atoms with Crippen LogP contribution in [0.4, 0.5) is 10.1 Å². The van der Waals surface area contributed by atoms with Gasteiger partial charge in [-0.2, -0.15) is 0 Å². The maximum Gasteiger partial charge on any atom is 0.255 e. The lowest BCUT2D eigenvalue weighted by Gasteiger charge is -2.60. The molecule has 9 nitrogen and oxygen atoms in total. The molecule has 8 atom stereocenters. The van der Waals surface area contributed by atoms with E-state index in [2.05, 4.69) is 18.6 Å². The van der Waals surface area contributed by atoms with E-state index in [0.29, 0.717) is 23.1 Å². The Balaban J connectivity index is 1.05. The number of halogens is 1. The third-order valence-corrected chi connectivity index (χ3v) is 10.4. The van der Waals surface area contributed by atoms with Gasteiger partial charge in [0, 0.05) is 18.3 Å². The summed E-state index contributed by atoms with van der Waals surface area (Å²) in [4.78, 5) is 12.1. The molecule has 4 saturated heterocycles. The third kappa shape index (κ3) is 6.08. The topological polar surface area (TPSA) is 102 Å². The molecule has 11 heteroatoms. The molecule has 1 unspecified atom stereocenters. The molecule has 5 aliphatic rings. The number of ether oxygens (including phenoxy) is 4. The van der Waals surface area contributed by atoms with E-state index in [0.717, 1.165) is 36.7 Å². The minimum atomic E-state index is -3.92. The maximum absolute atomic E-state index is 14.0. The first-order valence-electron chi connectivity index (χ1n) is 15.0. The van der Waals surface area contributed by atoms with Gasteiger partial charge in [0.2, 0.25) is 5.79 Å². The van der Waals surface area contributed by atoms with E-state index >= 15 is 0 Å². The molecule has 2 aromatic rings. The summed E-state index contributed by atoms with van der Waals surface area (Å²) in [6.07, 6.45) is 4.23. The molecule has 0 amide bonds. The van der Waals surface area contributed by atoms with E-state index in [1.54, 1.807) is 37.3 Å². The number of rotatable bonds is 9. The average Bonchev–Trinajstić information content (AvgIpc) is 3.20. The molecule has 234 valence electrons. The van der Waals surface area contributed by atoms with Gasteiger partial charge in [0.05, 0.1) is 17.7 Å². The van der Waals surface area contributed by atoms with E-state index in [9.17, 15) is 12.8 Å². The van der Waals surface area contributed by atoms with Crippen LogP contribution in [0.2, 0.25) is 0 Å². The molecule has 0 radical (unpaired) electrons. The average molecular weight is 618 g/mol. The van der Waals surface area contributed by atoms with Crippen molar-refractivity contribution in [1.82, 2.24) is 0 Å². The van der Waals surface area contributed by atoms with Gasteiger partial charge in [-0.1, -0.05) is 32.0 Å². The van der Waals surface area contributed by atoms with E-state index in [4.69, 9.17) is 28.7 Å². The van der Waals surface area contributed by atoms with Crippen LogP contribution in [-0.4, -0.2) is 45.6 Å². The zero-order valence-electron chi connectivity index (χ0n) is 25.0. The van der Waals surface area contributed by atoms with Crippen molar-refractivity contribution in [3.8, 4) is 5.75 Å². The van der Waals surface area contributed by atoms with Crippen LogP contribution in [-0.2, 0) is 34.0 Å². The summed E-state index contributed by atoms with van der Waals surface area (Å²) < 4.78 is 66.2. The number of fused-ring (bicyclic) bond motifs is 2. The van der Waals surface area contributed by atoms with Gasteiger partial charge in [-0.15, -0.1) is 0 Å². The molecular formula is C32H40FNO8S. The normalized spacial score (nSPS) is 35.4. The fraction of sp³-hybridized carbons (Fsp3) is 0.562. The summed E-state index contributed by atoms with van der Waals surface area (Å²) in [7, 11) is -3.92. The van der Waals surface area contributed by atoms with Gasteiger partial charge >= 0.3 is 0 Å². The fourth-order valence-corrected chi connectivity index (χ4v) is 8.03. The largest absolute Gasteiger partial charge is 0.491 e. The van der Waals surface area contributed by atoms with Gasteiger partial charge in [0.25, 0.3) is 10.0 Å². The summed E-state index contributed by atoms with van der Waals surface area (Å²) in [5, 5.41) is 1.000. The molecule has 7 rings (SSSR count). The molecule has 1 spiro atoms. The number of sulfonamides is 1. The Morgan fingerprint density at radius 1 is 1.07 bits per heavy atom. The van der Waals surface area contributed by atoms with Crippen LogP contribution in [0.15, 0.2) is 47.9 Å². The second kappa shape index (κ2) is 11.8. The van der Waals surface area contributed by atoms with Crippen molar-refractivity contribution in [1.29, 1.82) is 0 Å². The van der Waals surface area contributed by atoms with Gasteiger partial charge in [0.15, 0.2) is 18.2 Å². The van der Waals surface area contributed by atoms with Crippen molar-refractivity contribution in [2.75, 3.05) is 17.9 Å². The Hall–Kier alpha value is -2.54. The first-order chi connectivity index (χ1) is 20.5. The molecule has 1 saturated carbocycles. The van der Waals surface area contributed by atoms with E-state index in [-0.39, 0.29) is 30.7 Å². The van der Waals surface area contributed by atoms with Gasteiger partial charge in [-0.25, -0.2) is 22.6 Å². The van der Waals surface area contributed by atoms with Gasteiger partial charge in [0.1, 0.15) is 18.2 Å². The molecule has 1 aliphatic carbocycles. The number of benzene rings is 2. The molecule has 4 aliphatic heterocycles. The lowest BCUT2D eigenvalue weighted by molar-refractivity contribution is -0.577. The molecule has 0 aromatic heterocycles. The van der Waals surface area contributed by atoms with Crippen LogP contribution in [0.5, 0.6) is 5.75 Å². The summed E-state index contributed by atoms with van der Waals surface area (Å²) in [5.74, 6) is 0.114. The quantitative estimate of drug-likeness (QED) is 0.264. The summed E-state index contributed by atoms with van der Waals surface area (Å²) in [6, 6.07) is 11.3. The maximum atomic E-state index is 14.0. The molecule has 2 aromatic carbocycles. The zero-order valence-corrected chi connectivity index (χ0v) is 25.8. The molecule has 43 heavy (non-hydrogen) atoms. The van der Waals surface area contributed by atoms with E-state index < -0.39 is 39.8 Å². The van der Waals surface area contributed by atoms with E-state index in [1.165, 1.54) is 18.2 Å². The van der Waals surface area contributed by atoms with Crippen molar-refractivity contribution in [2.45, 2.75) is 77.3 Å². The number of aryl methyl sites for hydroxylation is 1. The molecule has 5 fully saturated rings. The second-order valence-corrected chi connectivity index (χ2v) is 14.1. The minimum absolute atomic E-state index is 0.0678. The Kier molecular flexibility index (Phi) is 8.33. The highest BCUT2D eigenvalue weighted by molar-refractivity contribution is 7.95. The predicted molar refractivity (Wildman–Crippen MR) is 157 cm³/mol. The Morgan fingerprint density at radius 2 is 1.91 bits per heavy atom. The summed E-state index contributed by atoms with van der Waals surface area (Å²) >= 11 is 0. The van der Waals surface area contributed by atoms with Gasteiger partial charge in [-0.05, 0) is 86.4 Å². The van der Waals surface area contributed by atoms with Crippen LogP contribution >= 0.6 is 0 Å².